The highest BCUT2D eigenvalue weighted by Gasteiger charge is 2.31. The first-order chi connectivity index (χ1) is 12.5. The molecule has 0 bridgehead atoms. The lowest BCUT2D eigenvalue weighted by Gasteiger charge is -2.17. The van der Waals surface area contributed by atoms with Crippen molar-refractivity contribution < 1.29 is 31.4 Å². The molecule has 0 radical (unpaired) electrons. The Hall–Kier alpha value is -1.33. The van der Waals surface area contributed by atoms with E-state index in [9.17, 15) is 26.7 Å². The first-order valence-electron chi connectivity index (χ1n) is 7.41. The first kappa shape index (κ1) is 22.0. The van der Waals surface area contributed by atoms with Crippen molar-refractivity contribution in [3.05, 3.63) is 51.2 Å². The minimum Gasteiger partial charge on any atom is -0.456 e. The lowest BCUT2D eigenvalue weighted by atomic mass is 10.2. The molecule has 0 aliphatic heterocycles. The number of benzene rings is 2. The van der Waals surface area contributed by atoms with Gasteiger partial charge in [-0.1, -0.05) is 11.6 Å². The Bertz CT molecular complexity index is 921. The van der Waals surface area contributed by atoms with E-state index in [1.165, 1.54) is 13.0 Å². The van der Waals surface area contributed by atoms with Gasteiger partial charge >= 0.3 is 5.76 Å². The fourth-order valence-corrected chi connectivity index (χ4v) is 4.03. The molecule has 2 N–H and O–H groups in total. The second-order valence-electron chi connectivity index (χ2n) is 5.42. The Labute approximate surface area is 167 Å². The topological polar surface area (TPSA) is 75.6 Å². The lowest BCUT2D eigenvalue weighted by molar-refractivity contribution is 0.154. The number of aliphatic hydroxyl groups excluding tert-OH is 1. The molecule has 2 aromatic rings. The molecule has 0 spiro atoms. The summed E-state index contributed by atoms with van der Waals surface area (Å²) in [7, 11) is -4.90. The molecular weight excluding hydrogens is 475 g/mol. The summed E-state index contributed by atoms with van der Waals surface area (Å²) in [5.74, 6) is -4.20. The van der Waals surface area contributed by atoms with Crippen molar-refractivity contribution in [2.24, 2.45) is 0 Å². The molecule has 0 heterocycles. The molecule has 5 nitrogen and oxygen atoms in total. The third kappa shape index (κ3) is 5.35. The molecule has 1 unspecified atom stereocenters. The Kier molecular flexibility index (Phi) is 7.14. The maximum absolute atomic E-state index is 13.5. The number of ether oxygens (including phenoxy) is 1. The molecule has 0 amide bonds. The van der Waals surface area contributed by atoms with E-state index in [4.69, 9.17) is 16.3 Å². The predicted molar refractivity (Wildman–Crippen MR) is 97.3 cm³/mol. The van der Waals surface area contributed by atoms with E-state index in [0.29, 0.717) is 0 Å². The molecule has 1 atom stereocenters. The predicted octanol–water partition coefficient (Wildman–Crippen LogP) is 4.46. The summed E-state index contributed by atoms with van der Waals surface area (Å²) < 4.78 is 68.9. The van der Waals surface area contributed by atoms with Crippen LogP contribution in [0.25, 0.3) is 0 Å². The van der Waals surface area contributed by atoms with Crippen molar-refractivity contribution in [1.29, 1.82) is 0 Å². The van der Waals surface area contributed by atoms with E-state index in [2.05, 4.69) is 21.2 Å². The Morgan fingerprint density at radius 1 is 1.30 bits per heavy atom. The molecule has 2 rings (SSSR count). The van der Waals surface area contributed by atoms with Gasteiger partial charge in [0.05, 0.1) is 9.37 Å². The summed E-state index contributed by atoms with van der Waals surface area (Å²) in [6, 6.07) is 5.57. The number of hydrogen-bond donors (Lipinski definition) is 2. The molecule has 2 aromatic carbocycles. The molecule has 0 aromatic heterocycles. The molecule has 0 saturated heterocycles. The summed E-state index contributed by atoms with van der Waals surface area (Å²) in [4.78, 5) is -0.623. The van der Waals surface area contributed by atoms with Crippen LogP contribution in [0.1, 0.15) is 12.5 Å². The zero-order chi connectivity index (χ0) is 20.4. The number of aliphatic hydroxyl groups is 1. The zero-order valence-electron chi connectivity index (χ0n) is 13.7. The van der Waals surface area contributed by atoms with Gasteiger partial charge in [-0.15, -0.1) is 0 Å². The smallest absolute Gasteiger partial charge is 0.341 e. The van der Waals surface area contributed by atoms with Gasteiger partial charge in [0.25, 0.3) is 0 Å². The first-order valence-corrected chi connectivity index (χ1v) is 10.1. The third-order valence-electron chi connectivity index (χ3n) is 3.34. The van der Waals surface area contributed by atoms with Crippen LogP contribution in [-0.4, -0.2) is 25.5 Å². The molecule has 0 saturated carbocycles. The van der Waals surface area contributed by atoms with Crippen molar-refractivity contribution in [2.75, 3.05) is 0 Å². The standard InChI is InChI=1S/C16H14BrClF3NO4S/c1-8(23)22-7-12-14(27(24,25)16(20)21)3-2-13(15(12)17)26-11-5-9(18)4-10(19)6-11/h2-6,8,16,22-23H,7H2,1H3. The van der Waals surface area contributed by atoms with Crippen molar-refractivity contribution in [1.82, 2.24) is 5.32 Å². The minimum absolute atomic E-state index is 0.0274. The third-order valence-corrected chi connectivity index (χ3v) is 5.90. The number of rotatable bonds is 7. The zero-order valence-corrected chi connectivity index (χ0v) is 16.9. The maximum atomic E-state index is 13.5. The molecule has 0 aliphatic rings. The Morgan fingerprint density at radius 3 is 2.52 bits per heavy atom. The maximum Gasteiger partial charge on any atom is 0.341 e. The SMILES string of the molecule is CC(O)NCc1c(S(=O)(=O)C(F)F)ccc(Oc2cc(F)cc(Cl)c2)c1Br. The fraction of sp³-hybridized carbons (Fsp3) is 0.250. The molecule has 27 heavy (non-hydrogen) atoms. The minimum atomic E-state index is -4.90. The molecule has 0 fully saturated rings. The van der Waals surface area contributed by atoms with Crippen molar-refractivity contribution >= 4 is 37.4 Å². The van der Waals surface area contributed by atoms with E-state index in [-0.39, 0.29) is 33.1 Å². The van der Waals surface area contributed by atoms with Crippen LogP contribution in [0, 0.1) is 5.82 Å². The number of alkyl halides is 2. The highest BCUT2D eigenvalue weighted by Crippen LogP contribution is 2.38. The Balaban J connectivity index is 2.53. The van der Waals surface area contributed by atoms with Gasteiger partial charge < -0.3 is 9.84 Å². The normalized spacial score (nSPS) is 13.0. The van der Waals surface area contributed by atoms with Crippen LogP contribution < -0.4 is 10.1 Å². The van der Waals surface area contributed by atoms with Gasteiger partial charge in [-0.05, 0) is 47.1 Å². The summed E-state index contributed by atoms with van der Waals surface area (Å²) in [6.45, 7) is 1.13. The van der Waals surface area contributed by atoms with Crippen molar-refractivity contribution in [3.8, 4) is 11.5 Å². The molecule has 148 valence electrons. The fourth-order valence-electron chi connectivity index (χ4n) is 2.15. The second-order valence-corrected chi connectivity index (χ2v) is 8.54. The summed E-state index contributed by atoms with van der Waals surface area (Å²) in [5, 5.41) is 12.0. The van der Waals surface area contributed by atoms with Crippen molar-refractivity contribution in [2.45, 2.75) is 30.3 Å². The van der Waals surface area contributed by atoms with Crippen LogP contribution in [0.3, 0.4) is 0 Å². The lowest BCUT2D eigenvalue weighted by Crippen LogP contribution is -2.26. The van der Waals surface area contributed by atoms with Crippen LogP contribution in [-0.2, 0) is 16.4 Å². The highest BCUT2D eigenvalue weighted by molar-refractivity contribution is 9.10. The van der Waals surface area contributed by atoms with Gasteiger partial charge in [-0.2, -0.15) is 8.78 Å². The van der Waals surface area contributed by atoms with Gasteiger partial charge in [0.1, 0.15) is 23.5 Å². The average molecular weight is 489 g/mol. The second kappa shape index (κ2) is 8.78. The van der Waals surface area contributed by atoms with Crippen LogP contribution in [0.5, 0.6) is 11.5 Å². The van der Waals surface area contributed by atoms with E-state index < -0.39 is 32.5 Å². The van der Waals surface area contributed by atoms with Gasteiger partial charge in [-0.25, -0.2) is 12.8 Å². The Morgan fingerprint density at radius 2 is 1.96 bits per heavy atom. The average Bonchev–Trinajstić information content (AvgIpc) is 2.54. The largest absolute Gasteiger partial charge is 0.456 e. The molecule has 0 aliphatic carbocycles. The van der Waals surface area contributed by atoms with E-state index in [0.717, 1.165) is 24.3 Å². The van der Waals surface area contributed by atoms with E-state index in [1.807, 2.05) is 0 Å². The number of sulfone groups is 1. The quantitative estimate of drug-likeness (QED) is 0.563. The van der Waals surface area contributed by atoms with Crippen LogP contribution in [0.15, 0.2) is 39.7 Å². The molecule has 11 heteroatoms. The highest BCUT2D eigenvalue weighted by atomic mass is 79.9. The van der Waals surface area contributed by atoms with Gasteiger partial charge in [0.2, 0.25) is 9.84 Å². The monoisotopic (exact) mass is 487 g/mol. The summed E-state index contributed by atoms with van der Waals surface area (Å²) in [6.07, 6.45) is -1.02. The van der Waals surface area contributed by atoms with Crippen LogP contribution in [0.2, 0.25) is 5.02 Å². The van der Waals surface area contributed by atoms with E-state index >= 15 is 0 Å². The van der Waals surface area contributed by atoms with Gasteiger partial charge in [0.15, 0.2) is 0 Å². The molecular formula is C16H14BrClF3NO4S. The number of halogens is 5. The van der Waals surface area contributed by atoms with Crippen molar-refractivity contribution in [3.63, 3.8) is 0 Å². The van der Waals surface area contributed by atoms with E-state index in [1.54, 1.807) is 0 Å². The number of nitrogens with one attached hydrogen (secondary N) is 1. The summed E-state index contributed by atoms with van der Waals surface area (Å²) >= 11 is 8.90. The van der Waals surface area contributed by atoms with Gasteiger partial charge in [-0.3, -0.25) is 5.32 Å². The van der Waals surface area contributed by atoms with Crippen LogP contribution >= 0.6 is 27.5 Å². The van der Waals surface area contributed by atoms with Crippen LogP contribution in [0.4, 0.5) is 13.2 Å². The summed E-state index contributed by atoms with van der Waals surface area (Å²) in [5.41, 5.74) is -0.0730. The van der Waals surface area contributed by atoms with Gasteiger partial charge in [0, 0.05) is 23.2 Å². The number of hydrogen-bond acceptors (Lipinski definition) is 5.